The van der Waals surface area contributed by atoms with E-state index in [4.69, 9.17) is 0 Å². The number of carbonyl (C=O) groups is 1. The van der Waals surface area contributed by atoms with E-state index in [2.05, 4.69) is 16.3 Å². The number of halogens is 1. The Morgan fingerprint density at radius 2 is 2.44 bits per heavy atom. The number of nitrogens with zero attached hydrogens (tertiary/aromatic N) is 1. The molecule has 0 N–H and O–H groups in total. The summed E-state index contributed by atoms with van der Waals surface area (Å²) in [5, 5.41) is 0. The summed E-state index contributed by atoms with van der Waals surface area (Å²) < 4.78 is 19.1. The maximum absolute atomic E-state index is 14.6. The van der Waals surface area contributed by atoms with Crippen molar-refractivity contribution in [3.05, 3.63) is 36.2 Å². The average Bonchev–Trinajstić information content (AvgIpc) is 2.33. The van der Waals surface area contributed by atoms with Crippen LogP contribution in [0.25, 0.3) is 5.57 Å². The van der Waals surface area contributed by atoms with Crippen LogP contribution in [0.15, 0.2) is 24.9 Å². The van der Waals surface area contributed by atoms with Crippen molar-refractivity contribution in [1.82, 2.24) is 4.98 Å². The molecule has 84 valence electrons. The highest BCUT2D eigenvalue weighted by atomic mass is 19.1. The average molecular weight is 221 g/mol. The summed E-state index contributed by atoms with van der Waals surface area (Å²) in [5.41, 5.74) is -0.591. The number of hydrogen-bond donors (Lipinski definition) is 0. The molecule has 0 fully saturated rings. The van der Waals surface area contributed by atoms with Crippen molar-refractivity contribution in [2.75, 3.05) is 7.11 Å². The predicted octanol–water partition coefficient (Wildman–Crippen LogP) is 2.23. The number of fused-ring (bicyclic) bond motifs is 1. The summed E-state index contributed by atoms with van der Waals surface area (Å²) in [7, 11) is 1.18. The number of rotatable bonds is 1. The lowest BCUT2D eigenvalue weighted by atomic mass is 9.81. The molecule has 1 aliphatic rings. The Kier molecular flexibility index (Phi) is 2.50. The van der Waals surface area contributed by atoms with E-state index in [-0.39, 0.29) is 12.0 Å². The number of esters is 1. The van der Waals surface area contributed by atoms with Gasteiger partial charge in [0.1, 0.15) is 0 Å². The summed E-state index contributed by atoms with van der Waals surface area (Å²) in [5.74, 6) is -0.866. The zero-order chi connectivity index (χ0) is 11.8. The second kappa shape index (κ2) is 3.70. The molecule has 3 nitrogen and oxygen atoms in total. The number of ether oxygens (including phenoxy) is 1. The van der Waals surface area contributed by atoms with Gasteiger partial charge in [-0.25, -0.2) is 9.18 Å². The van der Waals surface area contributed by atoms with E-state index in [1.54, 1.807) is 18.3 Å². The minimum atomic E-state index is -2.08. The summed E-state index contributed by atoms with van der Waals surface area (Å²) in [6, 6.07) is 3.16. The molecule has 1 aromatic heterocycles. The van der Waals surface area contributed by atoms with Crippen LogP contribution in [0.1, 0.15) is 24.1 Å². The number of carbonyl (C=O) groups excluding carboxylic acids is 1. The highest BCUT2D eigenvalue weighted by molar-refractivity contribution is 5.85. The first-order chi connectivity index (χ1) is 7.59. The standard InChI is InChI=1S/C12H12FNO2/c1-8-5-6-12(13,11(15)16-2)9-4-3-7-14-10(8)9/h3-4,7H,1,5-6H2,2H3/t12-/m0/s1. The Bertz CT molecular complexity index is 458. The van der Waals surface area contributed by atoms with E-state index in [0.29, 0.717) is 12.1 Å². The molecule has 0 bridgehead atoms. The third kappa shape index (κ3) is 1.41. The van der Waals surface area contributed by atoms with Crippen molar-refractivity contribution in [1.29, 1.82) is 0 Å². The molecule has 16 heavy (non-hydrogen) atoms. The smallest absolute Gasteiger partial charge is 0.348 e. The van der Waals surface area contributed by atoms with Crippen LogP contribution < -0.4 is 0 Å². The first-order valence-electron chi connectivity index (χ1n) is 5.00. The van der Waals surface area contributed by atoms with Gasteiger partial charge in [0.2, 0.25) is 5.67 Å². The molecule has 4 heteroatoms. The van der Waals surface area contributed by atoms with Crippen LogP contribution >= 0.6 is 0 Å². The highest BCUT2D eigenvalue weighted by Gasteiger charge is 2.46. The molecule has 1 heterocycles. The van der Waals surface area contributed by atoms with Gasteiger partial charge in [-0.1, -0.05) is 12.6 Å². The fourth-order valence-corrected chi connectivity index (χ4v) is 1.96. The van der Waals surface area contributed by atoms with E-state index >= 15 is 0 Å². The van der Waals surface area contributed by atoms with E-state index in [1.165, 1.54) is 7.11 Å². The molecular formula is C12H12FNO2. The molecule has 1 aliphatic carbocycles. The van der Waals surface area contributed by atoms with Gasteiger partial charge in [0.25, 0.3) is 0 Å². The predicted molar refractivity (Wildman–Crippen MR) is 57.3 cm³/mol. The lowest BCUT2D eigenvalue weighted by Crippen LogP contribution is -2.35. The van der Waals surface area contributed by atoms with Gasteiger partial charge < -0.3 is 4.74 Å². The van der Waals surface area contributed by atoms with Gasteiger partial charge in [-0.3, -0.25) is 4.98 Å². The topological polar surface area (TPSA) is 39.2 Å². The molecule has 0 spiro atoms. The summed E-state index contributed by atoms with van der Waals surface area (Å²) in [6.07, 6.45) is 2.04. The molecule has 0 unspecified atom stereocenters. The molecule has 0 aromatic carbocycles. The highest BCUT2D eigenvalue weighted by Crippen LogP contribution is 2.42. The van der Waals surface area contributed by atoms with Gasteiger partial charge >= 0.3 is 5.97 Å². The molecule has 0 saturated carbocycles. The molecule has 0 amide bonds. The Morgan fingerprint density at radius 3 is 3.12 bits per heavy atom. The number of aromatic nitrogens is 1. The van der Waals surface area contributed by atoms with Crippen molar-refractivity contribution in [2.45, 2.75) is 18.5 Å². The van der Waals surface area contributed by atoms with Crippen LogP contribution in [0, 0.1) is 0 Å². The first-order valence-corrected chi connectivity index (χ1v) is 5.00. The maximum Gasteiger partial charge on any atom is 0.348 e. The number of methoxy groups -OCH3 is 1. The van der Waals surface area contributed by atoms with Crippen LogP contribution in [0.4, 0.5) is 4.39 Å². The second-order valence-electron chi connectivity index (χ2n) is 3.80. The molecule has 1 atom stereocenters. The summed E-state index contributed by atoms with van der Waals surface area (Å²) in [6.45, 7) is 3.82. The third-order valence-corrected chi connectivity index (χ3v) is 2.85. The molecule has 0 radical (unpaired) electrons. The number of alkyl halides is 1. The largest absolute Gasteiger partial charge is 0.466 e. The maximum atomic E-state index is 14.6. The van der Waals surface area contributed by atoms with Gasteiger partial charge in [-0.05, 0) is 18.1 Å². The monoisotopic (exact) mass is 221 g/mol. The van der Waals surface area contributed by atoms with Gasteiger partial charge in [0.15, 0.2) is 0 Å². The van der Waals surface area contributed by atoms with E-state index in [9.17, 15) is 9.18 Å². The van der Waals surface area contributed by atoms with Crippen molar-refractivity contribution >= 4 is 11.5 Å². The summed E-state index contributed by atoms with van der Waals surface area (Å²) in [4.78, 5) is 15.6. The van der Waals surface area contributed by atoms with Crippen LogP contribution in [-0.4, -0.2) is 18.1 Å². The van der Waals surface area contributed by atoms with Crippen molar-refractivity contribution in [3.8, 4) is 0 Å². The van der Waals surface area contributed by atoms with E-state index in [1.807, 2.05) is 0 Å². The normalized spacial score (nSPS) is 23.8. The molecular weight excluding hydrogens is 209 g/mol. The van der Waals surface area contributed by atoms with Gasteiger partial charge in [-0.15, -0.1) is 0 Å². The van der Waals surface area contributed by atoms with Crippen LogP contribution in [0.2, 0.25) is 0 Å². The number of hydrogen-bond acceptors (Lipinski definition) is 3. The van der Waals surface area contributed by atoms with Crippen molar-refractivity contribution in [3.63, 3.8) is 0 Å². The van der Waals surface area contributed by atoms with Gasteiger partial charge in [-0.2, -0.15) is 0 Å². The zero-order valence-corrected chi connectivity index (χ0v) is 9.00. The Morgan fingerprint density at radius 1 is 1.69 bits per heavy atom. The molecule has 1 aromatic rings. The van der Waals surface area contributed by atoms with Crippen LogP contribution in [0.5, 0.6) is 0 Å². The van der Waals surface area contributed by atoms with Crippen molar-refractivity contribution < 1.29 is 13.9 Å². The van der Waals surface area contributed by atoms with E-state index in [0.717, 1.165) is 5.57 Å². The minimum Gasteiger partial charge on any atom is -0.466 e. The zero-order valence-electron chi connectivity index (χ0n) is 9.00. The van der Waals surface area contributed by atoms with Gasteiger partial charge in [0.05, 0.1) is 12.8 Å². The quantitative estimate of drug-likeness (QED) is 0.682. The fraction of sp³-hybridized carbons (Fsp3) is 0.333. The number of pyridine rings is 1. The summed E-state index contributed by atoms with van der Waals surface area (Å²) >= 11 is 0. The van der Waals surface area contributed by atoms with Crippen LogP contribution in [0.3, 0.4) is 0 Å². The van der Waals surface area contributed by atoms with E-state index < -0.39 is 11.6 Å². The lowest BCUT2D eigenvalue weighted by Gasteiger charge is -2.29. The number of allylic oxidation sites excluding steroid dienone is 1. The molecule has 0 saturated heterocycles. The first kappa shape index (κ1) is 10.8. The third-order valence-electron chi connectivity index (χ3n) is 2.85. The molecule has 2 rings (SSSR count). The lowest BCUT2D eigenvalue weighted by molar-refractivity contribution is -0.156. The van der Waals surface area contributed by atoms with Crippen molar-refractivity contribution in [2.24, 2.45) is 0 Å². The second-order valence-corrected chi connectivity index (χ2v) is 3.80. The Labute approximate surface area is 93.0 Å². The van der Waals surface area contributed by atoms with Crippen LogP contribution in [-0.2, 0) is 15.2 Å². The Hall–Kier alpha value is -1.71. The minimum absolute atomic E-state index is 0.0667. The molecule has 0 aliphatic heterocycles. The van der Waals surface area contributed by atoms with Gasteiger partial charge in [0, 0.05) is 18.2 Å². The SMILES string of the molecule is C=C1CC[C@@](F)(C(=O)OC)c2cccnc21. The Balaban J connectivity index is 2.57. The fourth-order valence-electron chi connectivity index (χ4n) is 1.96.